The van der Waals surface area contributed by atoms with Crippen LogP contribution in [0.1, 0.15) is 49.1 Å². The van der Waals surface area contributed by atoms with Crippen LogP contribution >= 0.6 is 0 Å². The number of hydrogen-bond donors (Lipinski definition) is 1. The van der Waals surface area contributed by atoms with Gasteiger partial charge in [0.25, 0.3) is 5.91 Å². The number of nitrogens with one attached hydrogen (secondary N) is 1. The van der Waals surface area contributed by atoms with E-state index in [1.807, 2.05) is 18.0 Å². The van der Waals surface area contributed by atoms with Gasteiger partial charge in [-0.25, -0.2) is 4.98 Å². The first-order valence-corrected chi connectivity index (χ1v) is 13.8. The lowest BCUT2D eigenvalue weighted by Gasteiger charge is -2.36. The summed E-state index contributed by atoms with van der Waals surface area (Å²) in [5.41, 5.74) is 5.21. The van der Waals surface area contributed by atoms with Gasteiger partial charge in [-0.05, 0) is 64.3 Å². The van der Waals surface area contributed by atoms with Crippen molar-refractivity contribution in [1.82, 2.24) is 19.8 Å². The van der Waals surface area contributed by atoms with Gasteiger partial charge < -0.3 is 24.6 Å². The number of ether oxygens (including phenoxy) is 2. The monoisotopic (exact) mass is 516 g/mol. The molecule has 0 spiro atoms. The van der Waals surface area contributed by atoms with Crippen LogP contribution in [0, 0.1) is 18.8 Å². The maximum Gasteiger partial charge on any atom is 0.298 e. The summed E-state index contributed by atoms with van der Waals surface area (Å²) >= 11 is 0. The van der Waals surface area contributed by atoms with Crippen LogP contribution in [-0.2, 0) is 16.1 Å². The number of anilines is 3. The minimum absolute atomic E-state index is 0.0441. The lowest BCUT2D eigenvalue weighted by molar-refractivity contribution is -0.124. The molecule has 9 nitrogen and oxygen atoms in total. The summed E-state index contributed by atoms with van der Waals surface area (Å²) in [6, 6.07) is 4.67. The third kappa shape index (κ3) is 4.91. The average molecular weight is 517 g/mol. The Bertz CT molecular complexity index is 1260. The standard InChI is InChI=1S/C29H36N6O3/c1-3-4-27(36)35-12-8-22(18-35)33-10-6-21(7-11-33)24-17-25-28(20(2)31-24)38-19-23-26(5-9-30-29(23)32-25)34-13-15-37-16-14-34/h5,9,17,21-22H,6-8,10-16,18-19H2,1-2H3,(H,30,32)/t22-/m1/s1. The molecular weight excluding hydrogens is 480 g/mol. The average Bonchev–Trinajstić information content (AvgIpc) is 3.36. The molecule has 4 aliphatic heterocycles. The number of rotatable bonds is 3. The Morgan fingerprint density at radius 2 is 1.95 bits per heavy atom. The predicted molar refractivity (Wildman–Crippen MR) is 146 cm³/mol. The molecule has 6 rings (SSSR count). The molecule has 1 N–H and O–H groups in total. The van der Waals surface area contributed by atoms with Crippen LogP contribution in [0.2, 0.25) is 0 Å². The van der Waals surface area contributed by atoms with Crippen molar-refractivity contribution in [3.63, 3.8) is 0 Å². The molecule has 38 heavy (non-hydrogen) atoms. The van der Waals surface area contributed by atoms with Crippen molar-refractivity contribution in [3.8, 4) is 17.6 Å². The number of morpholine rings is 1. The van der Waals surface area contributed by atoms with Gasteiger partial charge in [-0.2, -0.15) is 0 Å². The van der Waals surface area contributed by atoms with Gasteiger partial charge in [-0.15, -0.1) is 0 Å². The highest BCUT2D eigenvalue weighted by molar-refractivity contribution is 5.93. The molecule has 6 heterocycles. The van der Waals surface area contributed by atoms with E-state index in [0.29, 0.717) is 18.6 Å². The number of aromatic nitrogens is 2. The molecule has 0 saturated carbocycles. The predicted octanol–water partition coefficient (Wildman–Crippen LogP) is 3.06. The van der Waals surface area contributed by atoms with Crippen molar-refractivity contribution < 1.29 is 14.3 Å². The highest BCUT2D eigenvalue weighted by Crippen LogP contribution is 2.40. The van der Waals surface area contributed by atoms with E-state index in [9.17, 15) is 4.79 Å². The van der Waals surface area contributed by atoms with E-state index in [4.69, 9.17) is 14.5 Å². The van der Waals surface area contributed by atoms with Gasteiger partial charge in [-0.3, -0.25) is 14.7 Å². The zero-order chi connectivity index (χ0) is 26.1. The second-order valence-electron chi connectivity index (χ2n) is 10.6. The molecule has 2 aromatic heterocycles. The van der Waals surface area contributed by atoms with Crippen molar-refractivity contribution in [1.29, 1.82) is 0 Å². The number of carbonyl (C=O) groups is 1. The largest absolute Gasteiger partial charge is 0.485 e. The molecule has 0 bridgehead atoms. The summed E-state index contributed by atoms with van der Waals surface area (Å²) in [4.78, 5) is 28.6. The molecule has 0 unspecified atom stereocenters. The van der Waals surface area contributed by atoms with E-state index in [0.717, 1.165) is 112 Å². The Labute approximate surface area is 224 Å². The van der Waals surface area contributed by atoms with Crippen LogP contribution in [0.15, 0.2) is 18.3 Å². The first-order chi connectivity index (χ1) is 18.6. The fourth-order valence-corrected chi connectivity index (χ4v) is 6.24. The SMILES string of the molecule is CC#CC(=O)N1CC[C@@H](N2CCC(c3cc4c(c(C)n3)OCc3c(N5CCOCC5)ccnc3N4)CC2)C1. The van der Waals surface area contributed by atoms with E-state index in [1.54, 1.807) is 6.92 Å². The number of pyridine rings is 2. The minimum atomic E-state index is -0.0441. The first-order valence-electron chi connectivity index (χ1n) is 13.8. The summed E-state index contributed by atoms with van der Waals surface area (Å²) in [6.45, 7) is 11.1. The summed E-state index contributed by atoms with van der Waals surface area (Å²) < 4.78 is 11.9. The van der Waals surface area contributed by atoms with E-state index >= 15 is 0 Å². The number of carbonyl (C=O) groups excluding carboxylic acids is 1. The van der Waals surface area contributed by atoms with Crippen LogP contribution in [0.5, 0.6) is 5.75 Å². The van der Waals surface area contributed by atoms with Crippen molar-refractivity contribution in [3.05, 3.63) is 35.3 Å². The number of piperidine rings is 1. The van der Waals surface area contributed by atoms with E-state index in [2.05, 4.69) is 44.1 Å². The number of nitrogens with zero attached hydrogens (tertiary/aromatic N) is 5. The maximum atomic E-state index is 12.2. The van der Waals surface area contributed by atoms with Crippen LogP contribution < -0.4 is 15.0 Å². The summed E-state index contributed by atoms with van der Waals surface area (Å²) in [5.74, 6) is 7.43. The number of amides is 1. The van der Waals surface area contributed by atoms with Crippen molar-refractivity contribution >= 4 is 23.1 Å². The Kier molecular flexibility index (Phi) is 7.09. The van der Waals surface area contributed by atoms with Gasteiger partial charge in [0.15, 0.2) is 5.75 Å². The molecule has 1 atom stereocenters. The molecular formula is C29H36N6O3. The Hall–Kier alpha value is -3.35. The maximum absolute atomic E-state index is 12.2. The molecule has 1 amide bonds. The number of aryl methyl sites for hydroxylation is 1. The summed E-state index contributed by atoms with van der Waals surface area (Å²) in [7, 11) is 0. The lowest BCUT2D eigenvalue weighted by Crippen LogP contribution is -2.43. The number of hydrogen-bond acceptors (Lipinski definition) is 8. The Morgan fingerprint density at radius 1 is 1.13 bits per heavy atom. The van der Waals surface area contributed by atoms with Crippen molar-refractivity contribution in [2.75, 3.05) is 62.7 Å². The molecule has 4 aliphatic rings. The van der Waals surface area contributed by atoms with E-state index in [-0.39, 0.29) is 5.91 Å². The van der Waals surface area contributed by atoms with Gasteiger partial charge in [0.1, 0.15) is 12.4 Å². The zero-order valence-electron chi connectivity index (χ0n) is 22.3. The topological polar surface area (TPSA) is 83.1 Å². The molecule has 9 heteroatoms. The molecule has 200 valence electrons. The van der Waals surface area contributed by atoms with Gasteiger partial charge in [-0.1, -0.05) is 5.92 Å². The minimum Gasteiger partial charge on any atom is -0.485 e. The zero-order valence-corrected chi connectivity index (χ0v) is 22.3. The molecule has 0 aliphatic carbocycles. The quantitative estimate of drug-likeness (QED) is 0.624. The second kappa shape index (κ2) is 10.8. The number of fused-ring (bicyclic) bond motifs is 2. The lowest BCUT2D eigenvalue weighted by atomic mass is 9.91. The highest BCUT2D eigenvalue weighted by Gasteiger charge is 2.33. The fourth-order valence-electron chi connectivity index (χ4n) is 6.24. The first kappa shape index (κ1) is 25.0. The second-order valence-corrected chi connectivity index (χ2v) is 10.6. The van der Waals surface area contributed by atoms with Crippen molar-refractivity contribution in [2.24, 2.45) is 0 Å². The van der Waals surface area contributed by atoms with Crippen LogP contribution in [0.3, 0.4) is 0 Å². The van der Waals surface area contributed by atoms with Crippen molar-refractivity contribution in [2.45, 2.75) is 51.7 Å². The molecule has 0 radical (unpaired) electrons. The van der Waals surface area contributed by atoms with Gasteiger partial charge in [0.05, 0.1) is 30.2 Å². The third-order valence-corrected chi connectivity index (χ3v) is 8.31. The van der Waals surface area contributed by atoms with E-state index in [1.165, 1.54) is 0 Å². The Morgan fingerprint density at radius 3 is 2.74 bits per heavy atom. The van der Waals surface area contributed by atoms with Gasteiger partial charge in [0, 0.05) is 55.7 Å². The van der Waals surface area contributed by atoms with Gasteiger partial charge in [0.2, 0.25) is 0 Å². The van der Waals surface area contributed by atoms with Crippen LogP contribution in [0.25, 0.3) is 0 Å². The van der Waals surface area contributed by atoms with Crippen LogP contribution in [-0.4, -0.2) is 84.2 Å². The van der Waals surface area contributed by atoms with Gasteiger partial charge >= 0.3 is 0 Å². The van der Waals surface area contributed by atoms with Crippen LogP contribution in [0.4, 0.5) is 17.2 Å². The normalized spacial score (nSPS) is 21.9. The molecule has 0 aromatic carbocycles. The molecule has 3 saturated heterocycles. The highest BCUT2D eigenvalue weighted by atomic mass is 16.5. The third-order valence-electron chi connectivity index (χ3n) is 8.31. The summed E-state index contributed by atoms with van der Waals surface area (Å²) in [6.07, 6.45) is 5.01. The summed E-state index contributed by atoms with van der Waals surface area (Å²) in [5, 5.41) is 3.59. The smallest absolute Gasteiger partial charge is 0.298 e. The van der Waals surface area contributed by atoms with E-state index < -0.39 is 0 Å². The molecule has 2 aromatic rings. The number of likely N-dealkylation sites (tertiary alicyclic amines) is 2. The Balaban J connectivity index is 1.15. The molecule has 3 fully saturated rings. The fraction of sp³-hybridized carbons (Fsp3) is 0.552.